The molecule has 1 N–H and O–H groups in total. The molecule has 1 aliphatic heterocycles. The molecule has 1 aliphatic rings. The van der Waals surface area contributed by atoms with E-state index in [1.807, 2.05) is 4.90 Å². The second-order valence-corrected chi connectivity index (χ2v) is 6.21. The van der Waals surface area contributed by atoms with E-state index < -0.39 is 0 Å². The Morgan fingerprint density at radius 1 is 1.61 bits per heavy atom. The van der Waals surface area contributed by atoms with Crippen LogP contribution in [-0.4, -0.2) is 30.4 Å². The van der Waals surface area contributed by atoms with E-state index in [0.29, 0.717) is 11.8 Å². The summed E-state index contributed by atoms with van der Waals surface area (Å²) in [6, 6.07) is 2.11. The number of thiophene rings is 1. The average molecular weight is 266 g/mol. The molecule has 1 atom stereocenters. The number of amides is 1. The van der Waals surface area contributed by atoms with Crippen molar-refractivity contribution in [2.24, 2.45) is 11.8 Å². The summed E-state index contributed by atoms with van der Waals surface area (Å²) in [5.74, 6) is 1.02. The molecule has 1 saturated heterocycles. The summed E-state index contributed by atoms with van der Waals surface area (Å²) in [4.78, 5) is 14.5. The van der Waals surface area contributed by atoms with Crippen molar-refractivity contribution in [1.29, 1.82) is 0 Å². The number of carbonyl (C=O) groups is 1. The standard InChI is InChI=1S/C14H22N2OS/c1-11(2)8-16(9-12-4-6-18-10-12)14(17)13-3-5-15-7-13/h4,6,10-11,13,15H,3,5,7-9H2,1-2H3. The van der Waals surface area contributed by atoms with E-state index in [1.54, 1.807) is 11.3 Å². The molecule has 1 aromatic rings. The quantitative estimate of drug-likeness (QED) is 0.887. The Bertz CT molecular complexity index is 369. The van der Waals surface area contributed by atoms with E-state index in [0.717, 1.165) is 32.6 Å². The van der Waals surface area contributed by atoms with Crippen molar-refractivity contribution in [3.05, 3.63) is 22.4 Å². The summed E-state index contributed by atoms with van der Waals surface area (Å²) < 4.78 is 0. The van der Waals surface area contributed by atoms with Gasteiger partial charge in [-0.1, -0.05) is 13.8 Å². The van der Waals surface area contributed by atoms with Crippen molar-refractivity contribution >= 4 is 17.2 Å². The number of rotatable bonds is 5. The van der Waals surface area contributed by atoms with Crippen molar-refractivity contribution in [3.8, 4) is 0 Å². The Hall–Kier alpha value is -0.870. The average Bonchev–Trinajstić information content (AvgIpc) is 2.99. The highest BCUT2D eigenvalue weighted by Gasteiger charge is 2.27. The van der Waals surface area contributed by atoms with E-state index >= 15 is 0 Å². The molecule has 2 rings (SSSR count). The molecule has 100 valence electrons. The smallest absolute Gasteiger partial charge is 0.227 e. The van der Waals surface area contributed by atoms with Gasteiger partial charge in [0.15, 0.2) is 0 Å². The van der Waals surface area contributed by atoms with Crippen molar-refractivity contribution in [2.75, 3.05) is 19.6 Å². The van der Waals surface area contributed by atoms with Gasteiger partial charge in [-0.3, -0.25) is 4.79 Å². The highest BCUT2D eigenvalue weighted by atomic mass is 32.1. The Balaban J connectivity index is 2.01. The lowest BCUT2D eigenvalue weighted by atomic mass is 10.1. The number of hydrogen-bond acceptors (Lipinski definition) is 3. The van der Waals surface area contributed by atoms with Crippen molar-refractivity contribution < 1.29 is 4.79 Å². The molecule has 1 fully saturated rings. The molecular formula is C14H22N2OS. The molecule has 0 bridgehead atoms. The third-order valence-electron chi connectivity index (χ3n) is 3.26. The monoisotopic (exact) mass is 266 g/mol. The Morgan fingerprint density at radius 2 is 2.44 bits per heavy atom. The van der Waals surface area contributed by atoms with Crippen molar-refractivity contribution in [1.82, 2.24) is 10.2 Å². The Kier molecular flexibility index (Phi) is 4.78. The van der Waals surface area contributed by atoms with Gasteiger partial charge in [-0.25, -0.2) is 0 Å². The minimum absolute atomic E-state index is 0.183. The van der Waals surface area contributed by atoms with Gasteiger partial charge in [0.2, 0.25) is 5.91 Å². The summed E-state index contributed by atoms with van der Waals surface area (Å²) in [6.45, 7) is 7.77. The summed E-state index contributed by atoms with van der Waals surface area (Å²) in [6.07, 6.45) is 0.983. The maximum absolute atomic E-state index is 12.5. The highest BCUT2D eigenvalue weighted by molar-refractivity contribution is 7.07. The summed E-state index contributed by atoms with van der Waals surface area (Å²) in [5, 5.41) is 7.48. The SMILES string of the molecule is CC(C)CN(Cc1ccsc1)C(=O)C1CCNC1. The van der Waals surface area contributed by atoms with E-state index in [2.05, 4.69) is 36.0 Å². The zero-order valence-electron chi connectivity index (χ0n) is 11.2. The van der Waals surface area contributed by atoms with Crippen LogP contribution in [-0.2, 0) is 11.3 Å². The molecule has 18 heavy (non-hydrogen) atoms. The van der Waals surface area contributed by atoms with Gasteiger partial charge in [-0.2, -0.15) is 11.3 Å². The van der Waals surface area contributed by atoms with Gasteiger partial charge in [0, 0.05) is 19.6 Å². The lowest BCUT2D eigenvalue weighted by Crippen LogP contribution is -2.38. The maximum atomic E-state index is 12.5. The van der Waals surface area contributed by atoms with Gasteiger partial charge >= 0.3 is 0 Å². The second kappa shape index (κ2) is 6.34. The van der Waals surface area contributed by atoms with Gasteiger partial charge in [-0.05, 0) is 41.3 Å². The highest BCUT2D eigenvalue weighted by Crippen LogP contribution is 2.17. The van der Waals surface area contributed by atoms with E-state index in [-0.39, 0.29) is 5.92 Å². The first-order chi connectivity index (χ1) is 8.66. The summed E-state index contributed by atoms with van der Waals surface area (Å²) in [7, 11) is 0. The van der Waals surface area contributed by atoms with E-state index in [1.165, 1.54) is 5.56 Å². The Morgan fingerprint density at radius 3 is 3.00 bits per heavy atom. The molecule has 0 spiro atoms. The van der Waals surface area contributed by atoms with Crippen LogP contribution in [0.5, 0.6) is 0 Å². The van der Waals surface area contributed by atoms with Crippen LogP contribution in [0.4, 0.5) is 0 Å². The fourth-order valence-electron chi connectivity index (χ4n) is 2.40. The third kappa shape index (κ3) is 3.56. The zero-order chi connectivity index (χ0) is 13.0. The lowest BCUT2D eigenvalue weighted by molar-refractivity contribution is -0.136. The number of nitrogens with zero attached hydrogens (tertiary/aromatic N) is 1. The van der Waals surface area contributed by atoms with Gasteiger partial charge in [0.05, 0.1) is 5.92 Å². The first-order valence-corrected chi connectivity index (χ1v) is 7.61. The van der Waals surface area contributed by atoms with Crippen LogP contribution in [0.25, 0.3) is 0 Å². The van der Waals surface area contributed by atoms with Gasteiger partial charge in [-0.15, -0.1) is 0 Å². The molecule has 0 aromatic carbocycles. The zero-order valence-corrected chi connectivity index (χ0v) is 12.0. The van der Waals surface area contributed by atoms with Crippen LogP contribution >= 0.6 is 11.3 Å². The predicted molar refractivity (Wildman–Crippen MR) is 75.6 cm³/mol. The summed E-state index contributed by atoms with van der Waals surface area (Å²) >= 11 is 1.69. The van der Waals surface area contributed by atoms with Crippen molar-refractivity contribution in [2.45, 2.75) is 26.8 Å². The van der Waals surface area contributed by atoms with E-state index in [9.17, 15) is 4.79 Å². The molecule has 1 aromatic heterocycles. The number of hydrogen-bond donors (Lipinski definition) is 1. The fourth-order valence-corrected chi connectivity index (χ4v) is 3.06. The molecule has 1 amide bonds. The maximum Gasteiger partial charge on any atom is 0.227 e. The van der Waals surface area contributed by atoms with Crippen LogP contribution in [0, 0.1) is 11.8 Å². The minimum Gasteiger partial charge on any atom is -0.338 e. The second-order valence-electron chi connectivity index (χ2n) is 5.43. The topological polar surface area (TPSA) is 32.3 Å². The molecular weight excluding hydrogens is 244 g/mol. The Labute approximate surface area is 113 Å². The van der Waals surface area contributed by atoms with Crippen LogP contribution < -0.4 is 5.32 Å². The largest absolute Gasteiger partial charge is 0.338 e. The van der Waals surface area contributed by atoms with Crippen molar-refractivity contribution in [3.63, 3.8) is 0 Å². The van der Waals surface area contributed by atoms with Crippen LogP contribution in [0.2, 0.25) is 0 Å². The molecule has 4 heteroatoms. The first-order valence-electron chi connectivity index (χ1n) is 6.67. The number of nitrogens with one attached hydrogen (secondary N) is 1. The minimum atomic E-state index is 0.183. The molecule has 0 radical (unpaired) electrons. The van der Waals surface area contributed by atoms with Crippen LogP contribution in [0.1, 0.15) is 25.8 Å². The lowest BCUT2D eigenvalue weighted by Gasteiger charge is -2.27. The molecule has 3 nitrogen and oxygen atoms in total. The molecule has 1 unspecified atom stereocenters. The molecule has 0 aliphatic carbocycles. The van der Waals surface area contributed by atoms with E-state index in [4.69, 9.17) is 0 Å². The van der Waals surface area contributed by atoms with Gasteiger partial charge < -0.3 is 10.2 Å². The summed E-state index contributed by atoms with van der Waals surface area (Å²) in [5.41, 5.74) is 1.25. The van der Waals surface area contributed by atoms with Crippen LogP contribution in [0.3, 0.4) is 0 Å². The number of carbonyl (C=O) groups excluding carboxylic acids is 1. The predicted octanol–water partition coefficient (Wildman–Crippen LogP) is 2.34. The first kappa shape index (κ1) is 13.6. The molecule has 0 saturated carbocycles. The van der Waals surface area contributed by atoms with Crippen LogP contribution in [0.15, 0.2) is 16.8 Å². The fraction of sp³-hybridized carbons (Fsp3) is 0.643. The normalized spacial score (nSPS) is 19.4. The molecule has 2 heterocycles. The van der Waals surface area contributed by atoms with Gasteiger partial charge in [0.1, 0.15) is 0 Å². The van der Waals surface area contributed by atoms with Gasteiger partial charge in [0.25, 0.3) is 0 Å². The third-order valence-corrected chi connectivity index (χ3v) is 3.99.